The fraction of sp³-hybridized carbons (Fsp3) is 0.438. The number of aromatic nitrogens is 2. The molecule has 3 atom stereocenters. The van der Waals surface area contributed by atoms with Crippen LogP contribution < -0.4 is 5.32 Å². The van der Waals surface area contributed by atoms with Gasteiger partial charge in [0.1, 0.15) is 30.0 Å². The SMILES string of the molecule is CC(C)(c1ncc(-c2ccc(Cl)cc2)o1)N1CCN(C[C@@H]2C[C@@H](Cc3cc4cnccc4o3)C(=O)O2)[C@H](C(=O)NCC(F)(F)F)C1. The monoisotopic (exact) mass is 659 g/mol. The maximum Gasteiger partial charge on any atom is 0.405 e. The van der Waals surface area contributed by atoms with Gasteiger partial charge in [0.05, 0.1) is 17.7 Å². The summed E-state index contributed by atoms with van der Waals surface area (Å²) in [5, 5.41) is 3.46. The van der Waals surface area contributed by atoms with Gasteiger partial charge in [0.2, 0.25) is 11.8 Å². The van der Waals surface area contributed by atoms with Crippen LogP contribution in [0.1, 0.15) is 31.9 Å². The second kappa shape index (κ2) is 12.7. The van der Waals surface area contributed by atoms with Gasteiger partial charge in [0.15, 0.2) is 5.76 Å². The number of hydrogen-bond acceptors (Lipinski definition) is 9. The van der Waals surface area contributed by atoms with E-state index >= 15 is 0 Å². The number of nitrogens with zero attached hydrogens (tertiary/aromatic N) is 4. The quantitative estimate of drug-likeness (QED) is 0.242. The van der Waals surface area contributed by atoms with E-state index in [1.54, 1.807) is 41.7 Å². The predicted octanol–water partition coefficient (Wildman–Crippen LogP) is 5.21. The molecule has 2 saturated heterocycles. The standard InChI is InChI=1S/C32H33ClF3N5O5/c1-31(2,30-38-15-27(46-30)19-3-5-22(33)6-4-19)41-10-9-40(25(17-41)28(42)39-18-32(34,35)36)16-24-12-20(29(43)45-24)11-23-13-21-14-37-8-7-26(21)44-23/h3-8,13-15,20,24-25H,9-12,16-18H2,1-2H3,(H,39,42)/t20-,24+,25+/m1/s1. The molecule has 0 radical (unpaired) electrons. The number of oxazole rings is 1. The number of carbonyl (C=O) groups excluding carboxylic acids is 2. The van der Waals surface area contributed by atoms with Crippen LogP contribution in [0.2, 0.25) is 5.02 Å². The third kappa shape index (κ3) is 7.06. The van der Waals surface area contributed by atoms with Gasteiger partial charge in [-0.05, 0) is 56.7 Å². The summed E-state index contributed by atoms with van der Waals surface area (Å²) in [5.41, 5.74) is 0.661. The van der Waals surface area contributed by atoms with Crippen LogP contribution in [0.15, 0.2) is 63.8 Å². The summed E-state index contributed by atoms with van der Waals surface area (Å²) in [6, 6.07) is 9.77. The van der Waals surface area contributed by atoms with E-state index in [0.717, 1.165) is 10.9 Å². The van der Waals surface area contributed by atoms with Crippen molar-refractivity contribution in [3.8, 4) is 11.3 Å². The minimum absolute atomic E-state index is 0.104. The molecular weight excluding hydrogens is 627 g/mol. The van der Waals surface area contributed by atoms with Gasteiger partial charge in [-0.25, -0.2) is 4.98 Å². The summed E-state index contributed by atoms with van der Waals surface area (Å²) in [5.74, 6) is -0.0117. The van der Waals surface area contributed by atoms with Gasteiger partial charge >= 0.3 is 12.1 Å². The lowest BCUT2D eigenvalue weighted by atomic mass is 9.97. The van der Waals surface area contributed by atoms with E-state index in [9.17, 15) is 22.8 Å². The molecule has 2 fully saturated rings. The van der Waals surface area contributed by atoms with Gasteiger partial charge in [0.25, 0.3) is 0 Å². The first-order chi connectivity index (χ1) is 21.9. The van der Waals surface area contributed by atoms with Crippen molar-refractivity contribution in [1.29, 1.82) is 0 Å². The first-order valence-electron chi connectivity index (χ1n) is 14.9. The molecule has 6 rings (SSSR count). The van der Waals surface area contributed by atoms with E-state index in [-0.39, 0.29) is 19.1 Å². The molecule has 1 N–H and O–H groups in total. The van der Waals surface area contributed by atoms with Crippen LogP contribution in [0.4, 0.5) is 13.2 Å². The molecule has 46 heavy (non-hydrogen) atoms. The summed E-state index contributed by atoms with van der Waals surface area (Å²) in [7, 11) is 0. The molecule has 0 spiro atoms. The predicted molar refractivity (Wildman–Crippen MR) is 162 cm³/mol. The number of amides is 1. The van der Waals surface area contributed by atoms with Crippen molar-refractivity contribution in [3.05, 3.63) is 71.7 Å². The lowest BCUT2D eigenvalue weighted by Crippen LogP contribution is -2.63. The molecule has 14 heteroatoms. The molecule has 4 aromatic rings. The number of cyclic esters (lactones) is 1. The third-order valence-corrected chi connectivity index (χ3v) is 8.87. The number of esters is 1. The van der Waals surface area contributed by atoms with Crippen LogP contribution >= 0.6 is 11.6 Å². The minimum atomic E-state index is -4.56. The van der Waals surface area contributed by atoms with Crippen LogP contribution in [0.5, 0.6) is 0 Å². The number of rotatable bonds is 9. The van der Waals surface area contributed by atoms with Crippen LogP contribution in [-0.2, 0) is 26.3 Å². The molecule has 3 aromatic heterocycles. The molecule has 0 unspecified atom stereocenters. The van der Waals surface area contributed by atoms with E-state index in [0.29, 0.717) is 53.9 Å². The molecule has 2 aliphatic rings. The smallest absolute Gasteiger partial charge is 0.405 e. The van der Waals surface area contributed by atoms with Crippen molar-refractivity contribution in [2.75, 3.05) is 32.7 Å². The molecule has 2 aliphatic heterocycles. The second-order valence-electron chi connectivity index (χ2n) is 12.2. The molecule has 5 heterocycles. The number of ether oxygens (including phenoxy) is 1. The average molecular weight is 660 g/mol. The lowest BCUT2D eigenvalue weighted by molar-refractivity contribution is -0.148. The number of pyridine rings is 1. The fourth-order valence-corrected chi connectivity index (χ4v) is 6.21. The Morgan fingerprint density at radius 3 is 2.63 bits per heavy atom. The number of furan rings is 1. The summed E-state index contributed by atoms with van der Waals surface area (Å²) in [6.07, 6.45) is 0.554. The zero-order valence-corrected chi connectivity index (χ0v) is 26.0. The van der Waals surface area contributed by atoms with E-state index in [2.05, 4.69) is 9.97 Å². The number of nitrogens with one attached hydrogen (secondary N) is 1. The van der Waals surface area contributed by atoms with Gasteiger partial charge in [-0.15, -0.1) is 0 Å². The van der Waals surface area contributed by atoms with Gasteiger partial charge in [-0.1, -0.05) is 11.6 Å². The average Bonchev–Trinajstić information content (AvgIpc) is 3.75. The number of halogens is 4. The van der Waals surface area contributed by atoms with E-state index in [4.69, 9.17) is 25.2 Å². The molecule has 0 bridgehead atoms. The number of alkyl halides is 3. The zero-order valence-electron chi connectivity index (χ0n) is 25.2. The van der Waals surface area contributed by atoms with Gasteiger partial charge < -0.3 is 18.9 Å². The molecule has 0 aliphatic carbocycles. The number of carbonyl (C=O) groups is 2. The highest BCUT2D eigenvalue weighted by Crippen LogP contribution is 2.34. The Labute approximate surface area is 267 Å². The van der Waals surface area contributed by atoms with Crippen LogP contribution in [-0.4, -0.2) is 82.7 Å². The van der Waals surface area contributed by atoms with E-state index in [1.165, 1.54) is 0 Å². The van der Waals surface area contributed by atoms with Crippen LogP contribution in [0, 0.1) is 5.92 Å². The highest BCUT2D eigenvalue weighted by atomic mass is 35.5. The Bertz CT molecular complexity index is 1670. The number of fused-ring (bicyclic) bond motifs is 1. The summed E-state index contributed by atoms with van der Waals surface area (Å²) in [6.45, 7) is 3.44. The Morgan fingerprint density at radius 2 is 1.89 bits per heavy atom. The first-order valence-corrected chi connectivity index (χ1v) is 15.3. The van der Waals surface area contributed by atoms with Crippen molar-refractivity contribution in [3.63, 3.8) is 0 Å². The Morgan fingerprint density at radius 1 is 1.11 bits per heavy atom. The Balaban J connectivity index is 1.15. The van der Waals surface area contributed by atoms with E-state index in [1.807, 2.05) is 42.3 Å². The molecule has 0 saturated carbocycles. The van der Waals surface area contributed by atoms with Crippen molar-refractivity contribution in [1.82, 2.24) is 25.1 Å². The van der Waals surface area contributed by atoms with Gasteiger partial charge in [-0.2, -0.15) is 13.2 Å². The molecule has 10 nitrogen and oxygen atoms in total. The number of hydrogen-bond donors (Lipinski definition) is 1. The number of piperazine rings is 1. The fourth-order valence-electron chi connectivity index (χ4n) is 6.09. The van der Waals surface area contributed by atoms with Crippen LogP contribution in [0.3, 0.4) is 0 Å². The molecule has 1 amide bonds. The first kappa shape index (κ1) is 32.0. The third-order valence-electron chi connectivity index (χ3n) is 8.62. The van der Waals surface area contributed by atoms with Crippen molar-refractivity contribution < 1.29 is 36.3 Å². The van der Waals surface area contributed by atoms with E-state index < -0.39 is 42.2 Å². The lowest BCUT2D eigenvalue weighted by Gasteiger charge is -2.46. The second-order valence-corrected chi connectivity index (χ2v) is 12.6. The van der Waals surface area contributed by atoms with Gasteiger partial charge in [-0.3, -0.25) is 24.4 Å². The maximum atomic E-state index is 13.3. The highest BCUT2D eigenvalue weighted by Gasteiger charge is 2.44. The maximum absolute atomic E-state index is 13.3. The summed E-state index contributed by atoms with van der Waals surface area (Å²) < 4.78 is 56.8. The summed E-state index contributed by atoms with van der Waals surface area (Å²) >= 11 is 6.01. The Kier molecular flexibility index (Phi) is 8.83. The molecule has 244 valence electrons. The van der Waals surface area contributed by atoms with Crippen molar-refractivity contribution >= 4 is 34.4 Å². The zero-order chi connectivity index (χ0) is 32.6. The normalized spacial score (nSPS) is 21.5. The van der Waals surface area contributed by atoms with Gasteiger partial charge in [0, 0.05) is 61.0 Å². The Hall–Kier alpha value is -3.94. The summed E-state index contributed by atoms with van der Waals surface area (Å²) in [4.78, 5) is 38.4. The molecule has 1 aromatic carbocycles. The van der Waals surface area contributed by atoms with Crippen LogP contribution in [0.25, 0.3) is 22.3 Å². The number of benzene rings is 1. The highest BCUT2D eigenvalue weighted by molar-refractivity contribution is 6.30. The largest absolute Gasteiger partial charge is 0.461 e. The minimum Gasteiger partial charge on any atom is -0.461 e. The van der Waals surface area contributed by atoms with Crippen molar-refractivity contribution in [2.24, 2.45) is 5.92 Å². The molecular formula is C32H33ClF3N5O5. The topological polar surface area (TPSA) is 114 Å². The van der Waals surface area contributed by atoms with Crippen molar-refractivity contribution in [2.45, 2.75) is 50.6 Å².